The number of likely N-dealkylation sites (tertiary alicyclic amines) is 1. The largest absolute Gasteiger partial charge is 0.334 e. The van der Waals surface area contributed by atoms with Gasteiger partial charge in [-0.1, -0.05) is 6.42 Å². The van der Waals surface area contributed by atoms with Gasteiger partial charge in [-0.2, -0.15) is 10.4 Å². The maximum Gasteiger partial charge on any atom is 0.240 e. The fourth-order valence-corrected chi connectivity index (χ4v) is 3.24. The lowest BCUT2D eigenvalue weighted by atomic mass is 10.1. The minimum absolute atomic E-state index is 0.0461. The number of aromatic nitrogens is 2. The first kappa shape index (κ1) is 14.1. The van der Waals surface area contributed by atoms with Gasteiger partial charge in [0, 0.05) is 6.54 Å². The molecule has 1 aromatic rings. The quantitative estimate of drug-likeness (QED) is 0.813. The van der Waals surface area contributed by atoms with Crippen LogP contribution in [0, 0.1) is 11.3 Å². The van der Waals surface area contributed by atoms with E-state index in [9.17, 15) is 4.79 Å². The van der Waals surface area contributed by atoms with Crippen LogP contribution in [0.5, 0.6) is 0 Å². The number of carbonyl (C=O) groups is 1. The number of carbonyl (C=O) groups excluding carboxylic acids is 1. The molecule has 21 heavy (non-hydrogen) atoms. The highest BCUT2D eigenvalue weighted by Crippen LogP contribution is 2.18. The summed E-state index contributed by atoms with van der Waals surface area (Å²) in [4.78, 5) is 16.9. The molecule has 3 heterocycles. The van der Waals surface area contributed by atoms with Crippen molar-refractivity contribution < 1.29 is 4.79 Å². The van der Waals surface area contributed by atoms with Crippen molar-refractivity contribution in [2.75, 3.05) is 19.6 Å². The van der Waals surface area contributed by atoms with Crippen LogP contribution in [0.1, 0.15) is 37.6 Å². The summed E-state index contributed by atoms with van der Waals surface area (Å²) in [5.74, 6) is 0.197. The number of amides is 1. The van der Waals surface area contributed by atoms with E-state index in [2.05, 4.69) is 16.1 Å². The summed E-state index contributed by atoms with van der Waals surface area (Å²) in [5.41, 5.74) is 1.39. The molecule has 2 aliphatic heterocycles. The summed E-state index contributed by atoms with van der Waals surface area (Å²) >= 11 is 0. The first-order valence-electron chi connectivity index (χ1n) is 7.68. The molecule has 0 aliphatic carbocycles. The summed E-state index contributed by atoms with van der Waals surface area (Å²) in [6.07, 6.45) is 3.66. The topological polar surface area (TPSA) is 65.2 Å². The highest BCUT2D eigenvalue weighted by molar-refractivity contribution is 5.81. The number of hydrogen-bond donors (Lipinski definition) is 0. The Kier molecular flexibility index (Phi) is 3.93. The van der Waals surface area contributed by atoms with E-state index in [4.69, 9.17) is 5.26 Å². The van der Waals surface area contributed by atoms with Crippen molar-refractivity contribution in [2.24, 2.45) is 0 Å². The summed E-state index contributed by atoms with van der Waals surface area (Å²) in [6.45, 7) is 5.98. The van der Waals surface area contributed by atoms with Gasteiger partial charge in [-0.3, -0.25) is 14.4 Å². The van der Waals surface area contributed by atoms with E-state index in [1.165, 1.54) is 19.3 Å². The smallest absolute Gasteiger partial charge is 0.240 e. The van der Waals surface area contributed by atoms with E-state index >= 15 is 0 Å². The second kappa shape index (κ2) is 5.86. The molecule has 1 aromatic heterocycles. The second-order valence-corrected chi connectivity index (χ2v) is 5.89. The van der Waals surface area contributed by atoms with E-state index < -0.39 is 0 Å². The second-order valence-electron chi connectivity index (χ2n) is 5.89. The molecule has 6 heteroatoms. The van der Waals surface area contributed by atoms with Crippen molar-refractivity contribution in [2.45, 2.75) is 45.3 Å². The molecule has 1 unspecified atom stereocenters. The van der Waals surface area contributed by atoms with E-state index in [-0.39, 0.29) is 11.9 Å². The molecule has 0 bridgehead atoms. The van der Waals surface area contributed by atoms with Crippen LogP contribution in [0.15, 0.2) is 6.07 Å². The molecule has 1 amide bonds. The minimum atomic E-state index is -0.0461. The molecule has 6 nitrogen and oxygen atoms in total. The van der Waals surface area contributed by atoms with Gasteiger partial charge in [0.1, 0.15) is 6.07 Å². The summed E-state index contributed by atoms with van der Waals surface area (Å²) < 4.78 is 1.84. The Morgan fingerprint density at radius 3 is 2.76 bits per heavy atom. The first-order valence-corrected chi connectivity index (χ1v) is 7.68. The number of hydrogen-bond acceptors (Lipinski definition) is 4. The lowest BCUT2D eigenvalue weighted by Crippen LogP contribution is -2.50. The van der Waals surface area contributed by atoms with Gasteiger partial charge >= 0.3 is 0 Å². The number of fused-ring (bicyclic) bond motifs is 1. The van der Waals surface area contributed by atoms with Crippen LogP contribution in [0.25, 0.3) is 0 Å². The number of nitrogens with zero attached hydrogens (tertiary/aromatic N) is 5. The Labute approximate surface area is 124 Å². The molecule has 0 radical (unpaired) electrons. The van der Waals surface area contributed by atoms with E-state index in [1.54, 1.807) is 6.07 Å². The Morgan fingerprint density at radius 2 is 2.05 bits per heavy atom. The molecular formula is C15H21N5O. The zero-order chi connectivity index (χ0) is 14.8. The maximum atomic E-state index is 12.7. The van der Waals surface area contributed by atoms with Crippen LogP contribution >= 0.6 is 0 Å². The van der Waals surface area contributed by atoms with Crippen molar-refractivity contribution in [3.8, 4) is 6.07 Å². The van der Waals surface area contributed by atoms with E-state index in [1.807, 2.05) is 16.5 Å². The van der Waals surface area contributed by atoms with E-state index in [0.717, 1.165) is 18.8 Å². The van der Waals surface area contributed by atoms with Gasteiger partial charge in [0.05, 0.1) is 24.8 Å². The Bertz CT molecular complexity index is 567. The molecule has 0 aromatic carbocycles. The van der Waals surface area contributed by atoms with Gasteiger partial charge in [0.15, 0.2) is 5.69 Å². The Morgan fingerprint density at radius 1 is 1.29 bits per heavy atom. The maximum absolute atomic E-state index is 12.7. The van der Waals surface area contributed by atoms with Crippen LogP contribution in [-0.2, 0) is 17.9 Å². The first-order chi connectivity index (χ1) is 10.2. The predicted molar refractivity (Wildman–Crippen MR) is 77.2 cm³/mol. The van der Waals surface area contributed by atoms with Gasteiger partial charge in [0.25, 0.3) is 0 Å². The van der Waals surface area contributed by atoms with Crippen molar-refractivity contribution in [1.29, 1.82) is 5.26 Å². The third-order valence-electron chi connectivity index (χ3n) is 4.52. The van der Waals surface area contributed by atoms with Gasteiger partial charge < -0.3 is 4.90 Å². The van der Waals surface area contributed by atoms with Crippen LogP contribution < -0.4 is 0 Å². The standard InChI is InChI=1S/C15H21N5O/c1-12(18-5-3-2-4-6-18)15(21)19-7-8-20-14(11-19)9-13(10-16)17-20/h9,12H,2-8,11H2,1H3. The Balaban J connectivity index is 1.67. The van der Waals surface area contributed by atoms with Gasteiger partial charge in [-0.15, -0.1) is 0 Å². The van der Waals surface area contributed by atoms with Crippen molar-refractivity contribution >= 4 is 5.91 Å². The molecule has 1 fully saturated rings. The number of piperidine rings is 1. The molecular weight excluding hydrogens is 266 g/mol. The fraction of sp³-hybridized carbons (Fsp3) is 0.667. The molecule has 2 aliphatic rings. The molecule has 1 atom stereocenters. The zero-order valence-corrected chi connectivity index (χ0v) is 12.5. The molecule has 1 saturated heterocycles. The normalized spacial score (nSPS) is 20.7. The van der Waals surface area contributed by atoms with Crippen molar-refractivity contribution in [1.82, 2.24) is 19.6 Å². The summed E-state index contributed by atoms with van der Waals surface area (Å²) in [7, 11) is 0. The highest BCUT2D eigenvalue weighted by Gasteiger charge is 2.29. The van der Waals surface area contributed by atoms with Crippen LogP contribution in [0.4, 0.5) is 0 Å². The van der Waals surface area contributed by atoms with Crippen LogP contribution in [0.2, 0.25) is 0 Å². The summed E-state index contributed by atoms with van der Waals surface area (Å²) in [6, 6.07) is 3.80. The van der Waals surface area contributed by atoms with Gasteiger partial charge in [-0.25, -0.2) is 0 Å². The predicted octanol–water partition coefficient (Wildman–Crippen LogP) is 0.971. The number of nitriles is 1. The van der Waals surface area contributed by atoms with Gasteiger partial charge in [-0.05, 0) is 38.9 Å². The average molecular weight is 287 g/mol. The molecule has 0 spiro atoms. The highest BCUT2D eigenvalue weighted by atomic mass is 16.2. The third kappa shape index (κ3) is 2.79. The SMILES string of the molecule is CC(C(=O)N1CCn2nc(C#N)cc2C1)N1CCCCC1. The van der Waals surface area contributed by atoms with Crippen molar-refractivity contribution in [3.63, 3.8) is 0 Å². The fourth-order valence-electron chi connectivity index (χ4n) is 3.24. The van der Waals surface area contributed by atoms with Crippen molar-refractivity contribution in [3.05, 3.63) is 17.5 Å². The van der Waals surface area contributed by atoms with Gasteiger partial charge in [0.2, 0.25) is 5.91 Å². The Hall–Kier alpha value is -1.87. The number of rotatable bonds is 2. The minimum Gasteiger partial charge on any atom is -0.334 e. The average Bonchev–Trinajstić information content (AvgIpc) is 2.96. The third-order valence-corrected chi connectivity index (χ3v) is 4.52. The lowest BCUT2D eigenvalue weighted by molar-refractivity contribution is -0.138. The van der Waals surface area contributed by atoms with E-state index in [0.29, 0.717) is 25.3 Å². The molecule has 112 valence electrons. The zero-order valence-electron chi connectivity index (χ0n) is 12.5. The molecule has 0 saturated carbocycles. The van der Waals surface area contributed by atoms with Crippen LogP contribution in [0.3, 0.4) is 0 Å². The van der Waals surface area contributed by atoms with Crippen LogP contribution in [-0.4, -0.2) is 51.2 Å². The lowest BCUT2D eigenvalue weighted by Gasteiger charge is -2.36. The monoisotopic (exact) mass is 287 g/mol. The molecule has 0 N–H and O–H groups in total. The summed E-state index contributed by atoms with van der Waals surface area (Å²) in [5, 5.41) is 13.1. The molecule has 3 rings (SSSR count).